The van der Waals surface area contributed by atoms with Gasteiger partial charge in [-0.25, -0.2) is 12.7 Å². The first-order valence-corrected chi connectivity index (χ1v) is 5.96. The monoisotopic (exact) mass is 231 g/mol. The Balaban J connectivity index is 3.35. The Morgan fingerprint density at radius 2 is 1.86 bits per heavy atom. The molecule has 1 rings (SSSR count). The number of hydrogen-bond donors (Lipinski definition) is 1. The van der Waals surface area contributed by atoms with Crippen molar-refractivity contribution in [3.05, 3.63) is 23.8 Å². The first kappa shape index (κ1) is 11.6. The molecule has 0 saturated heterocycles. The standard InChI is InChI=1S/C9H13NO2S2/c1-7-6-8(13)4-5-9(7)14(11,12)10(2)3/h4-6,13H,1-3H3. The van der Waals surface area contributed by atoms with Crippen LogP contribution in [0.25, 0.3) is 0 Å². The molecule has 0 aliphatic carbocycles. The highest BCUT2D eigenvalue weighted by Crippen LogP contribution is 2.20. The summed E-state index contributed by atoms with van der Waals surface area (Å²) in [6.45, 7) is 1.76. The minimum absolute atomic E-state index is 0.334. The molecule has 0 fully saturated rings. The van der Waals surface area contributed by atoms with Crippen molar-refractivity contribution < 1.29 is 8.42 Å². The van der Waals surface area contributed by atoms with Crippen LogP contribution in [0.15, 0.2) is 28.0 Å². The van der Waals surface area contributed by atoms with Gasteiger partial charge in [-0.15, -0.1) is 12.6 Å². The number of thiol groups is 1. The Morgan fingerprint density at radius 3 is 2.29 bits per heavy atom. The van der Waals surface area contributed by atoms with Crippen LogP contribution in [0.3, 0.4) is 0 Å². The maximum Gasteiger partial charge on any atom is 0.242 e. The summed E-state index contributed by atoms with van der Waals surface area (Å²) in [4.78, 5) is 1.10. The van der Waals surface area contributed by atoms with Gasteiger partial charge in [0, 0.05) is 19.0 Å². The van der Waals surface area contributed by atoms with Crippen molar-refractivity contribution in [2.75, 3.05) is 14.1 Å². The molecule has 14 heavy (non-hydrogen) atoms. The third kappa shape index (κ3) is 2.10. The van der Waals surface area contributed by atoms with Gasteiger partial charge >= 0.3 is 0 Å². The van der Waals surface area contributed by atoms with Gasteiger partial charge in [0.1, 0.15) is 0 Å². The zero-order valence-corrected chi connectivity index (χ0v) is 10.1. The summed E-state index contributed by atoms with van der Waals surface area (Å²) >= 11 is 4.14. The van der Waals surface area contributed by atoms with Crippen LogP contribution in [0.5, 0.6) is 0 Å². The maximum absolute atomic E-state index is 11.8. The number of rotatable bonds is 2. The normalized spacial score (nSPS) is 12.1. The molecule has 0 saturated carbocycles. The molecule has 0 aromatic heterocycles. The topological polar surface area (TPSA) is 37.4 Å². The van der Waals surface area contributed by atoms with Gasteiger partial charge < -0.3 is 0 Å². The van der Waals surface area contributed by atoms with Crippen LogP contribution in [-0.4, -0.2) is 26.8 Å². The van der Waals surface area contributed by atoms with Crippen molar-refractivity contribution >= 4 is 22.7 Å². The van der Waals surface area contributed by atoms with Crippen molar-refractivity contribution in [2.24, 2.45) is 0 Å². The predicted octanol–water partition coefficient (Wildman–Crippen LogP) is 1.53. The molecule has 0 atom stereocenters. The van der Waals surface area contributed by atoms with Crippen molar-refractivity contribution in [1.29, 1.82) is 0 Å². The van der Waals surface area contributed by atoms with Crippen LogP contribution in [0, 0.1) is 6.92 Å². The molecule has 0 N–H and O–H groups in total. The Hall–Kier alpha value is -0.520. The molecule has 0 aliphatic rings. The highest BCUT2D eigenvalue weighted by atomic mass is 32.2. The summed E-state index contributed by atoms with van der Waals surface area (Å²) in [6, 6.07) is 4.99. The highest BCUT2D eigenvalue weighted by molar-refractivity contribution is 7.89. The Kier molecular flexibility index (Phi) is 3.24. The number of aryl methyl sites for hydroxylation is 1. The second-order valence-corrected chi connectivity index (χ2v) is 5.87. The highest BCUT2D eigenvalue weighted by Gasteiger charge is 2.18. The van der Waals surface area contributed by atoms with Crippen LogP contribution < -0.4 is 0 Å². The van der Waals surface area contributed by atoms with E-state index in [-0.39, 0.29) is 0 Å². The van der Waals surface area contributed by atoms with Gasteiger partial charge in [-0.3, -0.25) is 0 Å². The second kappa shape index (κ2) is 3.92. The summed E-state index contributed by atoms with van der Waals surface area (Å²) in [6.07, 6.45) is 0. The molecule has 1 aromatic rings. The van der Waals surface area contributed by atoms with Gasteiger partial charge in [0.05, 0.1) is 4.90 Å². The largest absolute Gasteiger partial charge is 0.242 e. The van der Waals surface area contributed by atoms with E-state index in [0.717, 1.165) is 4.90 Å². The van der Waals surface area contributed by atoms with Gasteiger partial charge in [0.25, 0.3) is 0 Å². The van der Waals surface area contributed by atoms with E-state index in [9.17, 15) is 8.42 Å². The minimum atomic E-state index is -3.32. The summed E-state index contributed by atoms with van der Waals surface area (Å²) in [5, 5.41) is 0. The van der Waals surface area contributed by atoms with E-state index >= 15 is 0 Å². The molecule has 0 bridgehead atoms. The average molecular weight is 231 g/mol. The molecule has 5 heteroatoms. The average Bonchev–Trinajstić information content (AvgIpc) is 2.02. The van der Waals surface area contributed by atoms with E-state index < -0.39 is 10.0 Å². The molecule has 0 aliphatic heterocycles. The summed E-state index contributed by atoms with van der Waals surface area (Å²) in [5.41, 5.74) is 0.714. The number of hydrogen-bond acceptors (Lipinski definition) is 3. The summed E-state index contributed by atoms with van der Waals surface area (Å²) in [5.74, 6) is 0. The predicted molar refractivity (Wildman–Crippen MR) is 59.3 cm³/mol. The van der Waals surface area contributed by atoms with Crippen LogP contribution >= 0.6 is 12.6 Å². The first-order chi connectivity index (χ1) is 6.35. The lowest BCUT2D eigenvalue weighted by molar-refractivity contribution is 0.520. The number of benzene rings is 1. The van der Waals surface area contributed by atoms with Crippen LogP contribution in [-0.2, 0) is 10.0 Å². The fourth-order valence-electron chi connectivity index (χ4n) is 1.12. The molecule has 78 valence electrons. The van der Waals surface area contributed by atoms with Gasteiger partial charge in [-0.1, -0.05) is 0 Å². The zero-order valence-electron chi connectivity index (χ0n) is 8.35. The summed E-state index contributed by atoms with van der Waals surface area (Å²) < 4.78 is 24.7. The van der Waals surface area contributed by atoms with Crippen molar-refractivity contribution in [1.82, 2.24) is 4.31 Å². The molecule has 0 amide bonds. The minimum Gasteiger partial charge on any atom is -0.207 e. The SMILES string of the molecule is Cc1cc(S)ccc1S(=O)(=O)N(C)C. The Labute approximate surface area is 90.2 Å². The molecule has 0 spiro atoms. The number of nitrogens with zero attached hydrogens (tertiary/aromatic N) is 1. The third-order valence-corrected chi connectivity index (χ3v) is 4.17. The van der Waals surface area contributed by atoms with Crippen LogP contribution in [0.2, 0.25) is 0 Å². The van der Waals surface area contributed by atoms with Crippen LogP contribution in [0.4, 0.5) is 0 Å². The third-order valence-electron chi connectivity index (χ3n) is 1.92. The lowest BCUT2D eigenvalue weighted by Gasteiger charge is -2.13. The van der Waals surface area contributed by atoms with Gasteiger partial charge in [-0.2, -0.15) is 0 Å². The number of sulfonamides is 1. The van der Waals surface area contributed by atoms with Crippen LogP contribution in [0.1, 0.15) is 5.56 Å². The Bertz CT molecular complexity index is 438. The smallest absolute Gasteiger partial charge is 0.207 e. The van der Waals surface area contributed by atoms with E-state index in [1.54, 1.807) is 25.1 Å². The van der Waals surface area contributed by atoms with Gasteiger partial charge in [0.15, 0.2) is 0 Å². The fourth-order valence-corrected chi connectivity index (χ4v) is 2.49. The molecule has 0 heterocycles. The molecule has 3 nitrogen and oxygen atoms in total. The molecule has 0 unspecified atom stereocenters. The van der Waals surface area contributed by atoms with Crippen molar-refractivity contribution in [2.45, 2.75) is 16.7 Å². The van der Waals surface area contributed by atoms with E-state index in [1.165, 1.54) is 18.4 Å². The quantitative estimate of drug-likeness (QED) is 0.784. The fraction of sp³-hybridized carbons (Fsp3) is 0.333. The second-order valence-electron chi connectivity index (χ2n) is 3.24. The molecule has 0 radical (unpaired) electrons. The molecule has 1 aromatic carbocycles. The van der Waals surface area contributed by atoms with Gasteiger partial charge in [-0.05, 0) is 30.7 Å². The van der Waals surface area contributed by atoms with E-state index in [1.807, 2.05) is 0 Å². The zero-order chi connectivity index (χ0) is 10.9. The van der Waals surface area contributed by atoms with Gasteiger partial charge in [0.2, 0.25) is 10.0 Å². The van der Waals surface area contributed by atoms with E-state index in [4.69, 9.17) is 0 Å². The van der Waals surface area contributed by atoms with E-state index in [2.05, 4.69) is 12.6 Å². The molecular weight excluding hydrogens is 218 g/mol. The first-order valence-electron chi connectivity index (χ1n) is 4.08. The lowest BCUT2D eigenvalue weighted by atomic mass is 10.2. The lowest BCUT2D eigenvalue weighted by Crippen LogP contribution is -2.22. The molecular formula is C9H13NO2S2. The van der Waals surface area contributed by atoms with E-state index in [0.29, 0.717) is 10.5 Å². The summed E-state index contributed by atoms with van der Waals surface area (Å²) in [7, 11) is -0.290. The van der Waals surface area contributed by atoms with Crippen molar-refractivity contribution in [3.8, 4) is 0 Å². The Morgan fingerprint density at radius 1 is 1.29 bits per heavy atom. The maximum atomic E-state index is 11.8. The van der Waals surface area contributed by atoms with Crippen molar-refractivity contribution in [3.63, 3.8) is 0 Å².